The third-order valence-electron chi connectivity index (χ3n) is 5.61. The van der Waals surface area contributed by atoms with Gasteiger partial charge in [-0.05, 0) is 69.2 Å². The molecule has 0 amide bonds. The van der Waals surface area contributed by atoms with E-state index < -0.39 is 10.0 Å². The van der Waals surface area contributed by atoms with E-state index in [2.05, 4.69) is 20.4 Å². The van der Waals surface area contributed by atoms with Gasteiger partial charge in [0.25, 0.3) is 0 Å². The minimum Gasteiger partial charge on any atom is -0.492 e. The van der Waals surface area contributed by atoms with Crippen molar-refractivity contribution >= 4 is 50.2 Å². The first-order valence-electron chi connectivity index (χ1n) is 12.3. The number of nitrogens with one attached hydrogen (secondary N) is 2. The Morgan fingerprint density at radius 1 is 1.11 bits per heavy atom. The molecule has 0 unspecified atom stereocenters. The number of hydrogen-bond donors (Lipinski definition) is 2. The van der Waals surface area contributed by atoms with Gasteiger partial charge in [-0.25, -0.2) is 8.42 Å². The van der Waals surface area contributed by atoms with Crippen molar-refractivity contribution in [2.75, 3.05) is 25.0 Å². The smallest absolute Gasteiger partial charge is 0.243 e. The van der Waals surface area contributed by atoms with Crippen LogP contribution in [0.5, 0.6) is 5.75 Å². The maximum Gasteiger partial charge on any atom is 0.243 e. The van der Waals surface area contributed by atoms with Gasteiger partial charge in [0.05, 0.1) is 23.4 Å². The van der Waals surface area contributed by atoms with Crippen LogP contribution in [0.4, 0.5) is 5.69 Å². The van der Waals surface area contributed by atoms with E-state index in [0.717, 1.165) is 41.5 Å². The topological polar surface area (TPSA) is 88.0 Å². The average molecular weight is 530 g/mol. The Balaban J connectivity index is 1.85. The van der Waals surface area contributed by atoms with Crippen molar-refractivity contribution in [1.29, 1.82) is 0 Å². The zero-order valence-corrected chi connectivity index (χ0v) is 23.0. The second kappa shape index (κ2) is 12.8. The quantitative estimate of drug-likeness (QED) is 0.191. The van der Waals surface area contributed by atoms with Crippen molar-refractivity contribution in [1.82, 2.24) is 14.3 Å². The third-order valence-corrected chi connectivity index (χ3v) is 7.70. The van der Waals surface area contributed by atoms with E-state index in [9.17, 15) is 8.42 Å². The summed E-state index contributed by atoms with van der Waals surface area (Å²) >= 11 is 5.39. The number of aryl methyl sites for hydroxylation is 1. The van der Waals surface area contributed by atoms with Crippen LogP contribution in [0.3, 0.4) is 0 Å². The summed E-state index contributed by atoms with van der Waals surface area (Å²) < 4.78 is 35.9. The van der Waals surface area contributed by atoms with Gasteiger partial charge >= 0.3 is 0 Å². The Hall–Kier alpha value is -2.95. The first kappa shape index (κ1) is 27.6. The van der Waals surface area contributed by atoms with Crippen molar-refractivity contribution in [3.63, 3.8) is 0 Å². The van der Waals surface area contributed by atoms with Crippen LogP contribution in [0.25, 0.3) is 10.9 Å². The number of hydrogen-bond acceptors (Lipinski definition) is 5. The van der Waals surface area contributed by atoms with Crippen LogP contribution in [-0.2, 0) is 16.6 Å². The van der Waals surface area contributed by atoms with Crippen molar-refractivity contribution in [3.8, 4) is 5.75 Å². The number of sulfonamides is 1. The number of fused-ring (bicyclic) bond motifs is 1. The lowest BCUT2D eigenvalue weighted by atomic mass is 10.2. The predicted molar refractivity (Wildman–Crippen MR) is 152 cm³/mol. The maximum atomic E-state index is 13.3. The largest absolute Gasteiger partial charge is 0.492 e. The first-order valence-corrected chi connectivity index (χ1v) is 14.1. The summed E-state index contributed by atoms with van der Waals surface area (Å²) in [5.41, 5.74) is 5.32. The Morgan fingerprint density at radius 2 is 1.83 bits per heavy atom. The van der Waals surface area contributed by atoms with Gasteiger partial charge in [-0.1, -0.05) is 26.0 Å². The summed E-state index contributed by atoms with van der Waals surface area (Å²) in [7, 11) is -3.59. The van der Waals surface area contributed by atoms with Crippen molar-refractivity contribution in [2.24, 2.45) is 5.10 Å². The highest BCUT2D eigenvalue weighted by Crippen LogP contribution is 2.26. The Morgan fingerprint density at radius 3 is 2.50 bits per heavy atom. The van der Waals surface area contributed by atoms with E-state index in [-0.39, 0.29) is 4.90 Å². The average Bonchev–Trinajstić information content (AvgIpc) is 3.22. The van der Waals surface area contributed by atoms with Crippen molar-refractivity contribution < 1.29 is 13.2 Å². The number of benzene rings is 2. The maximum absolute atomic E-state index is 13.3. The second-order valence-electron chi connectivity index (χ2n) is 8.21. The molecule has 8 nitrogen and oxygen atoms in total. The molecule has 194 valence electrons. The Labute approximate surface area is 219 Å². The fourth-order valence-corrected chi connectivity index (χ4v) is 5.80. The fraction of sp³-hybridized carbons (Fsp3) is 0.385. The van der Waals surface area contributed by atoms with Crippen LogP contribution in [0.2, 0.25) is 0 Å². The van der Waals surface area contributed by atoms with Gasteiger partial charge in [0, 0.05) is 42.3 Å². The van der Waals surface area contributed by atoms with Crippen LogP contribution in [0.1, 0.15) is 46.1 Å². The van der Waals surface area contributed by atoms with Crippen molar-refractivity contribution in [3.05, 3.63) is 54.2 Å². The fourth-order valence-electron chi connectivity index (χ4n) is 3.99. The number of hydrazone groups is 1. The highest BCUT2D eigenvalue weighted by Gasteiger charge is 2.24. The van der Waals surface area contributed by atoms with Crippen LogP contribution >= 0.6 is 12.2 Å². The van der Waals surface area contributed by atoms with Gasteiger partial charge < -0.3 is 14.6 Å². The van der Waals surface area contributed by atoms with Crippen LogP contribution < -0.4 is 15.5 Å². The van der Waals surface area contributed by atoms with Crippen molar-refractivity contribution in [2.45, 2.75) is 52.0 Å². The molecule has 0 atom stereocenters. The lowest BCUT2D eigenvalue weighted by Crippen LogP contribution is -2.32. The Bertz CT molecular complexity index is 1310. The minimum absolute atomic E-state index is 0.290. The number of nitrogens with zero attached hydrogens (tertiary/aromatic N) is 3. The summed E-state index contributed by atoms with van der Waals surface area (Å²) in [6, 6.07) is 12.8. The summed E-state index contributed by atoms with van der Waals surface area (Å²) in [4.78, 5) is 0.290. The number of aromatic nitrogens is 1. The van der Waals surface area contributed by atoms with E-state index >= 15 is 0 Å². The molecule has 36 heavy (non-hydrogen) atoms. The van der Waals surface area contributed by atoms with E-state index in [1.165, 1.54) is 0 Å². The highest BCUT2D eigenvalue weighted by molar-refractivity contribution is 7.89. The molecular weight excluding hydrogens is 494 g/mol. The van der Waals surface area contributed by atoms with Gasteiger partial charge in [0.2, 0.25) is 10.0 Å². The van der Waals surface area contributed by atoms with Crippen LogP contribution in [0.15, 0.2) is 58.7 Å². The molecule has 0 aliphatic rings. The number of anilines is 1. The molecule has 0 aliphatic carbocycles. The van der Waals surface area contributed by atoms with E-state index in [0.29, 0.717) is 30.6 Å². The molecule has 2 N–H and O–H groups in total. The van der Waals surface area contributed by atoms with E-state index in [1.54, 1.807) is 22.7 Å². The molecular formula is C26H35N5O3S2. The predicted octanol–water partition coefficient (Wildman–Crippen LogP) is 5.19. The van der Waals surface area contributed by atoms with Gasteiger partial charge in [0.15, 0.2) is 5.11 Å². The molecule has 0 spiro atoms. The molecule has 0 aliphatic heterocycles. The summed E-state index contributed by atoms with van der Waals surface area (Å²) in [5.74, 6) is 0.702. The number of ether oxygens (including phenoxy) is 1. The lowest BCUT2D eigenvalue weighted by molar-refractivity contribution is 0.342. The number of rotatable bonds is 12. The normalized spacial score (nSPS) is 11.9. The molecule has 10 heteroatoms. The molecule has 0 fully saturated rings. The summed E-state index contributed by atoms with van der Waals surface area (Å²) in [6.07, 6.45) is 5.15. The molecule has 1 heterocycles. The second-order valence-corrected chi connectivity index (χ2v) is 10.6. The van der Waals surface area contributed by atoms with Crippen LogP contribution in [0, 0.1) is 0 Å². The molecule has 2 aromatic carbocycles. The summed E-state index contributed by atoms with van der Waals surface area (Å²) in [6.45, 7) is 10.2. The monoisotopic (exact) mass is 529 g/mol. The molecule has 3 aromatic rings. The zero-order chi connectivity index (χ0) is 26.1. The standard InChI is InChI=1S/C26H35N5O3S2/c1-5-15-31(16-6-2)36(32,33)21-13-14-24-22(17-21)20(19-30(24)7-3)18-27-29-26(35)28-23-11-9-10-12-25(23)34-8-4/h9-14,17-19H,5-8,15-16H2,1-4H3,(H2,28,29,35). The Kier molecular flexibility index (Phi) is 9.86. The molecule has 3 rings (SSSR count). The lowest BCUT2D eigenvalue weighted by Gasteiger charge is -2.21. The first-order chi connectivity index (χ1) is 17.3. The SMILES string of the molecule is CCCN(CCC)S(=O)(=O)c1ccc2c(c1)c(C=NNC(=S)Nc1ccccc1OCC)cn2CC. The summed E-state index contributed by atoms with van der Waals surface area (Å²) in [5, 5.41) is 8.53. The minimum atomic E-state index is -3.59. The molecule has 0 saturated heterocycles. The van der Waals surface area contributed by atoms with Gasteiger partial charge in [0.1, 0.15) is 5.75 Å². The molecule has 0 bridgehead atoms. The molecule has 0 saturated carbocycles. The highest BCUT2D eigenvalue weighted by atomic mass is 32.2. The van der Waals surface area contributed by atoms with Gasteiger partial charge in [-0.15, -0.1) is 0 Å². The van der Waals surface area contributed by atoms with Crippen LogP contribution in [-0.4, -0.2) is 48.3 Å². The number of thiocarbonyl (C=S) groups is 1. The van der Waals surface area contributed by atoms with Gasteiger partial charge in [-0.2, -0.15) is 9.41 Å². The third kappa shape index (κ3) is 6.43. The zero-order valence-electron chi connectivity index (χ0n) is 21.3. The van der Waals surface area contributed by atoms with E-state index in [4.69, 9.17) is 17.0 Å². The molecule has 1 aromatic heterocycles. The molecule has 0 radical (unpaired) electrons. The number of para-hydroxylation sites is 2. The van der Waals surface area contributed by atoms with E-state index in [1.807, 2.05) is 64.2 Å². The van der Waals surface area contributed by atoms with Gasteiger partial charge in [-0.3, -0.25) is 5.43 Å².